The van der Waals surface area contributed by atoms with Gasteiger partial charge in [-0.05, 0) is 57.5 Å². The van der Waals surface area contributed by atoms with Crippen molar-refractivity contribution in [2.45, 2.75) is 59.9 Å². The van der Waals surface area contributed by atoms with E-state index in [1.54, 1.807) is 7.11 Å². The van der Waals surface area contributed by atoms with Gasteiger partial charge in [-0.2, -0.15) is 0 Å². The smallest absolute Gasteiger partial charge is 0.222 e. The van der Waals surface area contributed by atoms with Crippen LogP contribution in [0.4, 0.5) is 0 Å². The molecule has 3 heterocycles. The summed E-state index contributed by atoms with van der Waals surface area (Å²) >= 11 is 0. The fraction of sp³-hybridized carbons (Fsp3) is 0.542. The molecule has 0 spiro atoms. The van der Waals surface area contributed by atoms with Crippen LogP contribution in [0.3, 0.4) is 0 Å². The van der Waals surface area contributed by atoms with E-state index in [1.165, 1.54) is 0 Å². The molecule has 0 unspecified atom stereocenters. The van der Waals surface area contributed by atoms with E-state index < -0.39 is 0 Å². The second kappa shape index (κ2) is 9.13. The Bertz CT molecular complexity index is 1020. The molecule has 3 rings (SSSR count). The topological polar surface area (TPSA) is 56.1 Å². The van der Waals surface area contributed by atoms with Crippen LogP contribution < -0.4 is 4.74 Å². The van der Waals surface area contributed by atoms with Crippen LogP contribution in [-0.2, 0) is 0 Å². The molecule has 0 bridgehead atoms. The first-order valence-electron chi connectivity index (χ1n) is 10.9. The third kappa shape index (κ3) is 4.19. The Kier molecular flexibility index (Phi) is 6.76. The number of aryl methyl sites for hydroxylation is 2. The van der Waals surface area contributed by atoms with Crippen molar-refractivity contribution < 1.29 is 4.74 Å². The summed E-state index contributed by atoms with van der Waals surface area (Å²) in [7, 11) is 3.82. The van der Waals surface area contributed by atoms with Crippen LogP contribution in [0.5, 0.6) is 5.88 Å². The Morgan fingerprint density at radius 1 is 1.10 bits per heavy atom. The van der Waals surface area contributed by atoms with Crippen molar-refractivity contribution in [1.82, 2.24) is 24.4 Å². The van der Waals surface area contributed by atoms with E-state index in [-0.39, 0.29) is 0 Å². The van der Waals surface area contributed by atoms with E-state index >= 15 is 0 Å². The lowest BCUT2D eigenvalue weighted by Gasteiger charge is -2.24. The van der Waals surface area contributed by atoms with E-state index in [0.29, 0.717) is 17.8 Å². The Morgan fingerprint density at radius 2 is 1.83 bits per heavy atom. The number of rotatable bonds is 8. The van der Waals surface area contributed by atoms with Crippen molar-refractivity contribution >= 4 is 11.2 Å². The number of hydrogen-bond donors (Lipinski definition) is 0. The summed E-state index contributed by atoms with van der Waals surface area (Å²) in [6.07, 6.45) is 3.24. The largest absolute Gasteiger partial charge is 0.480 e. The highest BCUT2D eigenvalue weighted by molar-refractivity contribution is 5.81. The molecule has 0 aliphatic rings. The molecular weight excluding hydrogens is 374 g/mol. The highest BCUT2D eigenvalue weighted by Crippen LogP contribution is 2.33. The number of hydrogen-bond acceptors (Lipinski definition) is 5. The molecule has 6 nitrogen and oxygen atoms in total. The molecule has 3 aromatic rings. The normalized spacial score (nSPS) is 12.9. The van der Waals surface area contributed by atoms with Gasteiger partial charge in [-0.15, -0.1) is 0 Å². The Labute approximate surface area is 180 Å². The molecule has 0 aliphatic heterocycles. The molecule has 6 heteroatoms. The van der Waals surface area contributed by atoms with Gasteiger partial charge >= 0.3 is 0 Å². The maximum atomic E-state index is 5.62. The SMILES string of the molecule is CC[C@@H](CN(C)CC)n1cc(C)c2nc(-c3ccc(C(C)C)nc3OC)c(C)nc21. The molecule has 0 aliphatic carbocycles. The number of likely N-dealkylation sites (N-methyl/N-ethyl adjacent to an activating group) is 1. The highest BCUT2D eigenvalue weighted by Gasteiger charge is 2.21. The van der Waals surface area contributed by atoms with E-state index in [2.05, 4.69) is 69.5 Å². The van der Waals surface area contributed by atoms with Crippen molar-refractivity contribution in [1.29, 1.82) is 0 Å². The van der Waals surface area contributed by atoms with Gasteiger partial charge in [0.05, 0.1) is 24.1 Å². The van der Waals surface area contributed by atoms with Crippen LogP contribution in [0.15, 0.2) is 18.3 Å². The first-order chi connectivity index (χ1) is 14.3. The van der Waals surface area contributed by atoms with Gasteiger partial charge in [0.25, 0.3) is 0 Å². The van der Waals surface area contributed by atoms with Crippen LogP contribution in [0.25, 0.3) is 22.4 Å². The average molecular weight is 410 g/mol. The van der Waals surface area contributed by atoms with Crippen molar-refractivity contribution in [2.75, 3.05) is 27.2 Å². The zero-order valence-corrected chi connectivity index (χ0v) is 19.7. The van der Waals surface area contributed by atoms with Gasteiger partial charge in [0.15, 0.2) is 5.65 Å². The fourth-order valence-corrected chi connectivity index (χ4v) is 3.83. The van der Waals surface area contributed by atoms with E-state index in [9.17, 15) is 0 Å². The monoisotopic (exact) mass is 409 g/mol. The number of pyridine rings is 1. The molecule has 0 fully saturated rings. The Morgan fingerprint density at radius 3 is 2.43 bits per heavy atom. The lowest BCUT2D eigenvalue weighted by Crippen LogP contribution is -2.27. The molecular formula is C24H35N5O. The van der Waals surface area contributed by atoms with E-state index in [1.807, 2.05) is 6.92 Å². The second-order valence-corrected chi connectivity index (χ2v) is 8.41. The minimum Gasteiger partial charge on any atom is -0.480 e. The van der Waals surface area contributed by atoms with Gasteiger partial charge in [0, 0.05) is 24.5 Å². The van der Waals surface area contributed by atoms with Crippen LogP contribution >= 0.6 is 0 Å². The molecule has 0 saturated carbocycles. The summed E-state index contributed by atoms with van der Waals surface area (Å²) in [6.45, 7) is 14.8. The fourth-order valence-electron chi connectivity index (χ4n) is 3.83. The van der Waals surface area contributed by atoms with Crippen molar-refractivity contribution in [3.8, 4) is 17.1 Å². The van der Waals surface area contributed by atoms with Crippen LogP contribution in [0.1, 0.15) is 63.0 Å². The molecule has 0 saturated heterocycles. The third-order valence-corrected chi connectivity index (χ3v) is 5.85. The van der Waals surface area contributed by atoms with Crippen LogP contribution in [-0.4, -0.2) is 51.7 Å². The number of fused-ring (bicyclic) bond motifs is 1. The predicted octanol–water partition coefficient (Wildman–Crippen LogP) is 5.14. The lowest BCUT2D eigenvalue weighted by atomic mass is 10.1. The van der Waals surface area contributed by atoms with Gasteiger partial charge in [-0.1, -0.05) is 27.7 Å². The summed E-state index contributed by atoms with van der Waals surface area (Å²) in [5.74, 6) is 0.942. The standard InChI is InChI=1S/C24H35N5O/c1-9-18(14-28(7)10-2)29-13-16(5)21-23(29)25-17(6)22(27-21)19-11-12-20(15(3)4)26-24(19)30-8/h11-13,15,18H,9-10,14H2,1-8H3/t18-/m0/s1. The summed E-state index contributed by atoms with van der Waals surface area (Å²) < 4.78 is 7.92. The van der Waals surface area contributed by atoms with Gasteiger partial charge in [0.2, 0.25) is 5.88 Å². The number of aromatic nitrogens is 4. The van der Waals surface area contributed by atoms with Crippen molar-refractivity contribution in [2.24, 2.45) is 0 Å². The molecule has 0 N–H and O–H groups in total. The van der Waals surface area contributed by atoms with Gasteiger partial charge in [-0.3, -0.25) is 0 Å². The summed E-state index contributed by atoms with van der Waals surface area (Å²) in [6, 6.07) is 4.48. The quantitative estimate of drug-likeness (QED) is 0.515. The van der Waals surface area contributed by atoms with Gasteiger partial charge in [-0.25, -0.2) is 15.0 Å². The van der Waals surface area contributed by atoms with Gasteiger partial charge < -0.3 is 14.2 Å². The number of nitrogens with zero attached hydrogens (tertiary/aromatic N) is 5. The molecule has 3 aromatic heterocycles. The molecule has 1 atom stereocenters. The van der Waals surface area contributed by atoms with Crippen LogP contribution in [0.2, 0.25) is 0 Å². The third-order valence-electron chi connectivity index (χ3n) is 5.85. The number of ether oxygens (including phenoxy) is 1. The first-order valence-corrected chi connectivity index (χ1v) is 10.9. The maximum Gasteiger partial charge on any atom is 0.222 e. The van der Waals surface area contributed by atoms with Crippen LogP contribution in [0, 0.1) is 13.8 Å². The summed E-state index contributed by atoms with van der Waals surface area (Å²) in [5.41, 5.74) is 6.66. The zero-order valence-electron chi connectivity index (χ0n) is 19.7. The van der Waals surface area contributed by atoms with E-state index in [4.69, 9.17) is 19.7 Å². The molecule has 162 valence electrons. The second-order valence-electron chi connectivity index (χ2n) is 8.41. The highest BCUT2D eigenvalue weighted by atomic mass is 16.5. The first kappa shape index (κ1) is 22.2. The minimum atomic E-state index is 0.339. The molecule has 0 amide bonds. The molecule has 0 radical (unpaired) electrons. The lowest BCUT2D eigenvalue weighted by molar-refractivity contribution is 0.285. The average Bonchev–Trinajstić information content (AvgIpc) is 3.05. The van der Waals surface area contributed by atoms with Crippen molar-refractivity contribution in [3.63, 3.8) is 0 Å². The predicted molar refractivity (Wildman–Crippen MR) is 123 cm³/mol. The molecule has 0 aromatic carbocycles. The minimum absolute atomic E-state index is 0.339. The maximum absolute atomic E-state index is 5.62. The molecule has 30 heavy (non-hydrogen) atoms. The Balaban J connectivity index is 2.13. The van der Waals surface area contributed by atoms with Gasteiger partial charge in [0.1, 0.15) is 5.52 Å². The summed E-state index contributed by atoms with van der Waals surface area (Å²) in [4.78, 5) is 17.1. The van der Waals surface area contributed by atoms with Crippen molar-refractivity contribution in [3.05, 3.63) is 35.3 Å². The summed E-state index contributed by atoms with van der Waals surface area (Å²) in [5, 5.41) is 0. The Hall–Kier alpha value is -2.47. The number of methoxy groups -OCH3 is 1. The van der Waals surface area contributed by atoms with E-state index in [0.717, 1.165) is 58.9 Å². The zero-order chi connectivity index (χ0) is 22.0.